The number of carbonyl (C=O) groups is 2. The van der Waals surface area contributed by atoms with Gasteiger partial charge in [-0.25, -0.2) is 0 Å². The molecule has 7 nitrogen and oxygen atoms in total. The Hall–Kier alpha value is -2.31. The number of carboxylic acid groups (broad SMARTS) is 1. The maximum absolute atomic E-state index is 12.4. The maximum atomic E-state index is 12.4. The number of aromatic nitrogens is 1. The summed E-state index contributed by atoms with van der Waals surface area (Å²) in [5, 5.41) is 18.3. The molecule has 1 aliphatic rings. The Morgan fingerprint density at radius 1 is 1.30 bits per heavy atom. The minimum atomic E-state index is -1.10. The normalized spacial score (nSPS) is 15.2. The second-order valence-electron chi connectivity index (χ2n) is 4.88. The number of nitrogens with zero attached hydrogens (tertiary/aromatic N) is 1. The largest absolute Gasteiger partial charge is 0.494 e. The molecule has 1 heterocycles. The van der Waals surface area contributed by atoms with E-state index >= 15 is 0 Å². The summed E-state index contributed by atoms with van der Waals surface area (Å²) in [5.74, 6) is -2.05. The van der Waals surface area contributed by atoms with Gasteiger partial charge in [0.25, 0.3) is 11.5 Å². The molecule has 2 rings (SSSR count). The van der Waals surface area contributed by atoms with Gasteiger partial charge in [-0.15, -0.1) is 0 Å². The van der Waals surface area contributed by atoms with Gasteiger partial charge in [0, 0.05) is 18.2 Å². The van der Waals surface area contributed by atoms with Crippen molar-refractivity contribution in [2.75, 3.05) is 6.54 Å². The number of H-pyrrole nitrogens is 1. The lowest BCUT2D eigenvalue weighted by Crippen LogP contribution is -2.42. The highest BCUT2D eigenvalue weighted by atomic mass is 16.4. The molecule has 1 aliphatic carbocycles. The molecule has 0 radical (unpaired) electrons. The van der Waals surface area contributed by atoms with Gasteiger partial charge in [-0.05, 0) is 12.8 Å². The Balaban J connectivity index is 2.29. The van der Waals surface area contributed by atoms with Crippen molar-refractivity contribution in [3.63, 3.8) is 0 Å². The van der Waals surface area contributed by atoms with Crippen LogP contribution in [0.25, 0.3) is 0 Å². The number of nitrogens with one attached hydrogen (secondary N) is 1. The number of hydrogen-bond acceptors (Lipinski definition) is 4. The van der Waals surface area contributed by atoms with E-state index < -0.39 is 29.9 Å². The molecular weight excluding hydrogens is 264 g/mol. The first kappa shape index (κ1) is 14.1. The quantitative estimate of drug-likeness (QED) is 0.746. The smallest absolute Gasteiger partial charge is 0.323 e. The van der Waals surface area contributed by atoms with Gasteiger partial charge in [-0.3, -0.25) is 19.4 Å². The van der Waals surface area contributed by atoms with Crippen LogP contribution in [0.5, 0.6) is 5.88 Å². The average Bonchev–Trinajstić information content (AvgIpc) is 2.87. The molecule has 1 amide bonds. The van der Waals surface area contributed by atoms with Gasteiger partial charge in [0.1, 0.15) is 6.54 Å². The zero-order valence-corrected chi connectivity index (χ0v) is 10.8. The molecule has 0 spiro atoms. The summed E-state index contributed by atoms with van der Waals surface area (Å²) in [6, 6.07) is 2.07. The topological polar surface area (TPSA) is 111 Å². The SMILES string of the molecule is O=C(O)CN(C(=O)c1cc(O)[nH]c(=O)c1)C1CCCC1. The van der Waals surface area contributed by atoms with Crippen molar-refractivity contribution in [1.82, 2.24) is 9.88 Å². The molecule has 0 saturated heterocycles. The number of rotatable bonds is 4. The van der Waals surface area contributed by atoms with E-state index in [-0.39, 0.29) is 11.6 Å². The first-order valence-electron chi connectivity index (χ1n) is 6.43. The van der Waals surface area contributed by atoms with Crippen molar-refractivity contribution in [3.8, 4) is 5.88 Å². The van der Waals surface area contributed by atoms with Crippen LogP contribution in [0.2, 0.25) is 0 Å². The summed E-state index contributed by atoms with van der Waals surface area (Å²) in [5.41, 5.74) is -0.602. The molecule has 7 heteroatoms. The number of amides is 1. The van der Waals surface area contributed by atoms with Crippen LogP contribution in [0.15, 0.2) is 16.9 Å². The van der Waals surface area contributed by atoms with Gasteiger partial charge >= 0.3 is 5.97 Å². The van der Waals surface area contributed by atoms with Crippen LogP contribution in [0.4, 0.5) is 0 Å². The number of aliphatic carboxylic acids is 1. The van der Waals surface area contributed by atoms with E-state index in [1.165, 1.54) is 4.90 Å². The second-order valence-corrected chi connectivity index (χ2v) is 4.88. The van der Waals surface area contributed by atoms with E-state index in [1.807, 2.05) is 0 Å². The van der Waals surface area contributed by atoms with E-state index in [0.29, 0.717) is 0 Å². The summed E-state index contributed by atoms with van der Waals surface area (Å²) in [4.78, 5) is 38.0. The lowest BCUT2D eigenvalue weighted by molar-refractivity contribution is -0.138. The first-order chi connectivity index (χ1) is 9.47. The van der Waals surface area contributed by atoms with Crippen molar-refractivity contribution >= 4 is 11.9 Å². The Morgan fingerprint density at radius 3 is 2.50 bits per heavy atom. The third-order valence-corrected chi connectivity index (χ3v) is 3.41. The van der Waals surface area contributed by atoms with Crippen molar-refractivity contribution in [1.29, 1.82) is 0 Å². The lowest BCUT2D eigenvalue weighted by Gasteiger charge is -2.27. The number of hydrogen-bond donors (Lipinski definition) is 3. The molecule has 0 aliphatic heterocycles. The van der Waals surface area contributed by atoms with Gasteiger partial charge in [-0.1, -0.05) is 12.8 Å². The third kappa shape index (κ3) is 3.17. The van der Waals surface area contributed by atoms with Crippen molar-refractivity contribution in [2.24, 2.45) is 0 Å². The minimum Gasteiger partial charge on any atom is -0.494 e. The monoisotopic (exact) mass is 280 g/mol. The van der Waals surface area contributed by atoms with Crippen LogP contribution in [-0.2, 0) is 4.79 Å². The van der Waals surface area contributed by atoms with E-state index in [4.69, 9.17) is 5.11 Å². The fraction of sp³-hybridized carbons (Fsp3) is 0.462. The molecule has 20 heavy (non-hydrogen) atoms. The Labute approximate surface area is 114 Å². The van der Waals surface area contributed by atoms with E-state index in [9.17, 15) is 19.5 Å². The van der Waals surface area contributed by atoms with Gasteiger partial charge in [0.15, 0.2) is 5.88 Å². The van der Waals surface area contributed by atoms with Crippen molar-refractivity contribution in [2.45, 2.75) is 31.7 Å². The Morgan fingerprint density at radius 2 is 1.95 bits per heavy atom. The van der Waals surface area contributed by atoms with Crippen LogP contribution >= 0.6 is 0 Å². The summed E-state index contributed by atoms with van der Waals surface area (Å²) in [6.07, 6.45) is 3.42. The standard InChI is InChI=1S/C13H16N2O5/c16-10-5-8(6-11(17)14-10)13(20)15(7-12(18)19)9-3-1-2-4-9/h5-6,9H,1-4,7H2,(H,18,19)(H2,14,16,17). The minimum absolute atomic E-state index is 0.000556. The van der Waals surface area contributed by atoms with Gasteiger partial charge in [0.2, 0.25) is 0 Å². The molecule has 108 valence electrons. The molecule has 0 unspecified atom stereocenters. The van der Waals surface area contributed by atoms with Crippen LogP contribution in [0.1, 0.15) is 36.0 Å². The molecule has 1 aromatic rings. The lowest BCUT2D eigenvalue weighted by atomic mass is 10.1. The fourth-order valence-corrected chi connectivity index (χ4v) is 2.55. The Kier molecular flexibility index (Phi) is 4.07. The predicted molar refractivity (Wildman–Crippen MR) is 69.7 cm³/mol. The van der Waals surface area contributed by atoms with Gasteiger partial charge in [0.05, 0.1) is 5.56 Å². The highest BCUT2D eigenvalue weighted by Gasteiger charge is 2.29. The van der Waals surface area contributed by atoms with Crippen molar-refractivity contribution in [3.05, 3.63) is 28.0 Å². The molecule has 0 bridgehead atoms. The molecular formula is C13H16N2O5. The van der Waals surface area contributed by atoms with Gasteiger partial charge < -0.3 is 15.1 Å². The molecule has 3 N–H and O–H groups in total. The van der Waals surface area contributed by atoms with Gasteiger partial charge in [-0.2, -0.15) is 0 Å². The summed E-state index contributed by atoms with van der Waals surface area (Å²) in [6.45, 7) is -0.406. The molecule has 1 aromatic heterocycles. The first-order valence-corrected chi connectivity index (χ1v) is 6.43. The molecule has 1 saturated carbocycles. The van der Waals surface area contributed by atoms with Crippen molar-refractivity contribution < 1.29 is 19.8 Å². The third-order valence-electron chi connectivity index (χ3n) is 3.41. The maximum Gasteiger partial charge on any atom is 0.323 e. The van der Waals surface area contributed by atoms with E-state index in [2.05, 4.69) is 4.98 Å². The van der Waals surface area contributed by atoms with Crippen LogP contribution < -0.4 is 5.56 Å². The molecule has 0 atom stereocenters. The average molecular weight is 280 g/mol. The molecule has 0 aromatic carbocycles. The Bertz CT molecular complexity index is 574. The fourth-order valence-electron chi connectivity index (χ4n) is 2.55. The summed E-state index contributed by atoms with van der Waals surface area (Å²) < 4.78 is 0. The summed E-state index contributed by atoms with van der Waals surface area (Å²) in [7, 11) is 0. The summed E-state index contributed by atoms with van der Waals surface area (Å²) >= 11 is 0. The van der Waals surface area contributed by atoms with E-state index in [1.54, 1.807) is 0 Å². The molecule has 1 fully saturated rings. The van der Waals surface area contributed by atoms with E-state index in [0.717, 1.165) is 37.8 Å². The zero-order chi connectivity index (χ0) is 14.7. The predicted octanol–water partition coefficient (Wildman–Crippen LogP) is 0.550. The number of aromatic amines is 1. The van der Waals surface area contributed by atoms with Crippen LogP contribution in [-0.4, -0.2) is 44.6 Å². The second kappa shape index (κ2) is 5.77. The number of pyridine rings is 1. The highest BCUT2D eigenvalue weighted by Crippen LogP contribution is 2.25. The highest BCUT2D eigenvalue weighted by molar-refractivity contribution is 5.96. The number of aromatic hydroxyl groups is 1. The van der Waals surface area contributed by atoms with Crippen LogP contribution in [0.3, 0.4) is 0 Å². The number of carboxylic acids is 1. The van der Waals surface area contributed by atoms with Crippen LogP contribution in [0, 0.1) is 0 Å². The zero-order valence-electron chi connectivity index (χ0n) is 10.8. The number of carbonyl (C=O) groups excluding carboxylic acids is 1.